The van der Waals surface area contributed by atoms with Crippen LogP contribution in [0.25, 0.3) is 11.3 Å². The maximum Gasteiger partial charge on any atom is 0.203 e. The fraction of sp³-hybridized carbons (Fsp3) is 0.0435. The minimum Gasteiger partial charge on any atom is -0.488 e. The van der Waals surface area contributed by atoms with Crippen molar-refractivity contribution in [3.8, 4) is 17.0 Å². The number of hydrogen-bond donors (Lipinski definition) is 1. The quantitative estimate of drug-likeness (QED) is 0.289. The molecule has 30 heavy (non-hydrogen) atoms. The number of thiazole rings is 1. The molecule has 1 aromatic heterocycles. The first-order valence-corrected chi connectivity index (χ1v) is 10.0. The van der Waals surface area contributed by atoms with Crippen LogP contribution < -0.4 is 10.2 Å². The molecule has 0 radical (unpaired) electrons. The lowest BCUT2D eigenvalue weighted by Gasteiger charge is -2.09. The molecule has 0 aliphatic heterocycles. The smallest absolute Gasteiger partial charge is 0.203 e. The largest absolute Gasteiger partial charge is 0.488 e. The number of halogens is 2. The molecule has 150 valence electrons. The zero-order valence-electron chi connectivity index (χ0n) is 15.8. The van der Waals surface area contributed by atoms with Gasteiger partial charge in [-0.2, -0.15) is 5.10 Å². The monoisotopic (exact) mass is 421 g/mol. The summed E-state index contributed by atoms with van der Waals surface area (Å²) in [5, 5.41) is 6.77. The van der Waals surface area contributed by atoms with Crippen molar-refractivity contribution in [1.82, 2.24) is 4.98 Å². The number of aromatic nitrogens is 1. The van der Waals surface area contributed by atoms with Crippen LogP contribution in [0, 0.1) is 11.6 Å². The third-order valence-electron chi connectivity index (χ3n) is 4.20. The van der Waals surface area contributed by atoms with Crippen LogP contribution in [0.4, 0.5) is 13.9 Å². The van der Waals surface area contributed by atoms with Crippen molar-refractivity contribution in [2.75, 3.05) is 5.43 Å². The number of hydrogen-bond acceptors (Lipinski definition) is 5. The van der Waals surface area contributed by atoms with Gasteiger partial charge in [0.25, 0.3) is 0 Å². The fourth-order valence-electron chi connectivity index (χ4n) is 2.75. The van der Waals surface area contributed by atoms with E-state index in [1.165, 1.54) is 41.8 Å². The zero-order chi connectivity index (χ0) is 20.8. The zero-order valence-corrected chi connectivity index (χ0v) is 16.6. The second-order valence-electron chi connectivity index (χ2n) is 6.37. The number of rotatable bonds is 7. The summed E-state index contributed by atoms with van der Waals surface area (Å²) >= 11 is 1.43. The Morgan fingerprint density at radius 3 is 2.63 bits per heavy atom. The first kappa shape index (κ1) is 19.7. The van der Waals surface area contributed by atoms with Gasteiger partial charge in [-0.1, -0.05) is 42.5 Å². The Labute approximate surface area is 176 Å². The molecule has 4 rings (SSSR count). The number of ether oxygens (including phenoxy) is 1. The predicted octanol–water partition coefficient (Wildman–Crippen LogP) is 6.11. The average molecular weight is 421 g/mol. The minimum absolute atomic E-state index is 0.113. The van der Waals surface area contributed by atoms with Crippen LogP contribution in [-0.4, -0.2) is 11.2 Å². The van der Waals surface area contributed by atoms with Gasteiger partial charge >= 0.3 is 0 Å². The predicted molar refractivity (Wildman–Crippen MR) is 116 cm³/mol. The van der Waals surface area contributed by atoms with Crippen molar-refractivity contribution in [2.24, 2.45) is 5.10 Å². The van der Waals surface area contributed by atoms with Crippen LogP contribution >= 0.6 is 11.3 Å². The van der Waals surface area contributed by atoms with Gasteiger partial charge in [-0.25, -0.2) is 13.8 Å². The lowest BCUT2D eigenvalue weighted by atomic mass is 10.2. The fourth-order valence-corrected chi connectivity index (χ4v) is 3.42. The molecule has 0 saturated heterocycles. The highest BCUT2D eigenvalue weighted by atomic mass is 32.1. The Kier molecular flexibility index (Phi) is 6.10. The third kappa shape index (κ3) is 5.07. The van der Waals surface area contributed by atoms with Crippen LogP contribution in [0.2, 0.25) is 0 Å². The van der Waals surface area contributed by atoms with Crippen molar-refractivity contribution in [2.45, 2.75) is 6.61 Å². The van der Waals surface area contributed by atoms with Gasteiger partial charge in [0, 0.05) is 22.6 Å². The van der Waals surface area contributed by atoms with E-state index in [0.717, 1.165) is 11.3 Å². The van der Waals surface area contributed by atoms with Gasteiger partial charge < -0.3 is 4.74 Å². The van der Waals surface area contributed by atoms with E-state index in [4.69, 9.17) is 4.74 Å². The molecular weight excluding hydrogens is 404 g/mol. The maximum absolute atomic E-state index is 13.7. The molecule has 0 unspecified atom stereocenters. The lowest BCUT2D eigenvalue weighted by Crippen LogP contribution is -2.00. The second kappa shape index (κ2) is 9.28. The van der Waals surface area contributed by atoms with Gasteiger partial charge in [0.1, 0.15) is 24.0 Å². The topological polar surface area (TPSA) is 46.5 Å². The molecule has 0 saturated carbocycles. The standard InChI is InChI=1S/C23H17F2N3OS/c24-19-8-4-5-16(11-19)14-29-22-12-20(25)10-9-18(22)13-26-28-23-27-21(15-30-23)17-6-2-1-3-7-17/h1-13,15H,14H2,(H,27,28). The van der Waals surface area contributed by atoms with Crippen LogP contribution in [0.5, 0.6) is 5.75 Å². The lowest BCUT2D eigenvalue weighted by molar-refractivity contribution is 0.303. The molecule has 3 aromatic carbocycles. The van der Waals surface area contributed by atoms with Crippen LogP contribution in [0.15, 0.2) is 83.3 Å². The number of anilines is 1. The maximum atomic E-state index is 13.7. The Bertz CT molecular complexity index is 1160. The molecule has 0 aliphatic carbocycles. The van der Waals surface area contributed by atoms with E-state index in [2.05, 4.69) is 15.5 Å². The summed E-state index contributed by atoms with van der Waals surface area (Å²) in [6, 6.07) is 20.1. The van der Waals surface area contributed by atoms with Crippen molar-refractivity contribution in [3.63, 3.8) is 0 Å². The molecule has 0 fully saturated rings. The summed E-state index contributed by atoms with van der Waals surface area (Å²) < 4.78 is 32.7. The summed E-state index contributed by atoms with van der Waals surface area (Å²) in [6.07, 6.45) is 1.53. The van der Waals surface area contributed by atoms with Crippen LogP contribution in [0.3, 0.4) is 0 Å². The van der Waals surface area contributed by atoms with Crippen molar-refractivity contribution in [1.29, 1.82) is 0 Å². The number of nitrogens with one attached hydrogen (secondary N) is 1. The highest BCUT2D eigenvalue weighted by molar-refractivity contribution is 7.14. The van der Waals surface area contributed by atoms with E-state index < -0.39 is 5.82 Å². The van der Waals surface area contributed by atoms with E-state index in [9.17, 15) is 8.78 Å². The normalized spacial score (nSPS) is 11.0. The summed E-state index contributed by atoms with van der Waals surface area (Å²) in [5.41, 5.74) is 6.00. The van der Waals surface area contributed by atoms with Crippen molar-refractivity contribution in [3.05, 3.63) is 101 Å². The van der Waals surface area contributed by atoms with E-state index in [0.29, 0.717) is 22.0 Å². The SMILES string of the molecule is Fc1cccc(COc2cc(F)ccc2C=NNc2nc(-c3ccccc3)cs2)c1. The van der Waals surface area contributed by atoms with Crippen molar-refractivity contribution < 1.29 is 13.5 Å². The molecule has 0 aliphatic rings. The number of nitrogens with zero attached hydrogens (tertiary/aromatic N) is 2. The Hall–Kier alpha value is -3.58. The van der Waals surface area contributed by atoms with E-state index in [1.54, 1.807) is 18.2 Å². The summed E-state index contributed by atoms with van der Waals surface area (Å²) in [6.45, 7) is 0.113. The van der Waals surface area contributed by atoms with Crippen LogP contribution in [-0.2, 0) is 6.61 Å². The van der Waals surface area contributed by atoms with Gasteiger partial charge in [-0.05, 0) is 29.8 Å². The summed E-state index contributed by atoms with van der Waals surface area (Å²) in [7, 11) is 0. The molecule has 7 heteroatoms. The van der Waals surface area contributed by atoms with E-state index >= 15 is 0 Å². The first-order chi connectivity index (χ1) is 14.7. The molecule has 1 N–H and O–H groups in total. The molecule has 0 amide bonds. The Morgan fingerprint density at radius 2 is 1.80 bits per heavy atom. The third-order valence-corrected chi connectivity index (χ3v) is 4.94. The van der Waals surface area contributed by atoms with Gasteiger partial charge in [0.05, 0.1) is 11.9 Å². The van der Waals surface area contributed by atoms with E-state index in [1.807, 2.05) is 35.7 Å². The first-order valence-electron chi connectivity index (χ1n) is 9.14. The average Bonchev–Trinajstić information content (AvgIpc) is 3.23. The summed E-state index contributed by atoms with van der Waals surface area (Å²) in [4.78, 5) is 4.50. The molecular formula is C23H17F2N3OS. The van der Waals surface area contributed by atoms with Crippen molar-refractivity contribution >= 4 is 22.7 Å². The highest BCUT2D eigenvalue weighted by Gasteiger charge is 2.06. The highest BCUT2D eigenvalue weighted by Crippen LogP contribution is 2.25. The molecule has 4 nitrogen and oxygen atoms in total. The molecule has 0 spiro atoms. The van der Waals surface area contributed by atoms with Gasteiger partial charge in [-0.15, -0.1) is 11.3 Å². The molecule has 4 aromatic rings. The number of hydrazone groups is 1. The second-order valence-corrected chi connectivity index (χ2v) is 7.23. The van der Waals surface area contributed by atoms with Gasteiger partial charge in [0.2, 0.25) is 5.13 Å². The van der Waals surface area contributed by atoms with Gasteiger partial charge in [-0.3, -0.25) is 5.43 Å². The van der Waals surface area contributed by atoms with Gasteiger partial charge in [0.15, 0.2) is 0 Å². The van der Waals surface area contributed by atoms with Crippen LogP contribution in [0.1, 0.15) is 11.1 Å². The molecule has 0 atom stereocenters. The summed E-state index contributed by atoms with van der Waals surface area (Å²) in [5.74, 6) is -0.463. The minimum atomic E-state index is -0.429. The molecule has 0 bridgehead atoms. The number of benzene rings is 3. The van der Waals surface area contributed by atoms with E-state index in [-0.39, 0.29) is 12.4 Å². The Morgan fingerprint density at radius 1 is 0.967 bits per heavy atom. The molecule has 1 heterocycles. The Balaban J connectivity index is 1.44.